The number of rotatable bonds is 5. The Labute approximate surface area is 132 Å². The van der Waals surface area contributed by atoms with Crippen molar-refractivity contribution in [1.29, 1.82) is 0 Å². The highest BCUT2D eigenvalue weighted by Crippen LogP contribution is 2.19. The van der Waals surface area contributed by atoms with Crippen molar-refractivity contribution in [3.05, 3.63) is 34.9 Å². The average molecular weight is 309 g/mol. The molecule has 0 aliphatic carbocycles. The van der Waals surface area contributed by atoms with Crippen molar-refractivity contribution in [3.8, 4) is 0 Å². The zero-order valence-corrected chi connectivity index (χ0v) is 13.9. The Balaban J connectivity index is 2.09. The minimum atomic E-state index is 0.0513. The summed E-state index contributed by atoms with van der Waals surface area (Å²) in [6.07, 6.45) is 2.55. The van der Waals surface area contributed by atoms with Gasteiger partial charge in [0.1, 0.15) is 0 Å². The first-order valence-corrected chi connectivity index (χ1v) is 8.12. The highest BCUT2D eigenvalue weighted by atomic mass is 35.5. The molecular weight excluding hydrogens is 284 g/mol. The first kappa shape index (κ1) is 16.3. The van der Waals surface area contributed by atoms with Crippen LogP contribution in [0.3, 0.4) is 0 Å². The molecule has 0 radical (unpaired) electrons. The number of amides is 1. The summed E-state index contributed by atoms with van der Waals surface area (Å²) < 4.78 is 0. The molecule has 1 amide bonds. The molecule has 0 unspecified atom stereocenters. The van der Waals surface area contributed by atoms with Crippen LogP contribution in [0, 0.1) is 5.92 Å². The van der Waals surface area contributed by atoms with Crippen molar-refractivity contribution in [3.63, 3.8) is 0 Å². The van der Waals surface area contributed by atoms with Gasteiger partial charge in [-0.2, -0.15) is 0 Å². The Morgan fingerprint density at radius 2 is 2.00 bits per heavy atom. The SMILES string of the molecule is CC(C)[C@@H](CN1CCCC1)N(C)C(=O)c1cccc(Cl)c1. The van der Waals surface area contributed by atoms with Crippen LogP contribution in [-0.4, -0.2) is 48.4 Å². The molecule has 1 fully saturated rings. The van der Waals surface area contributed by atoms with Gasteiger partial charge in [0, 0.05) is 30.2 Å². The van der Waals surface area contributed by atoms with Gasteiger partial charge in [0.05, 0.1) is 0 Å². The van der Waals surface area contributed by atoms with E-state index in [4.69, 9.17) is 11.6 Å². The summed E-state index contributed by atoms with van der Waals surface area (Å²) in [6, 6.07) is 7.43. The smallest absolute Gasteiger partial charge is 0.253 e. The summed E-state index contributed by atoms with van der Waals surface area (Å²) in [6.45, 7) is 7.64. The van der Waals surface area contributed by atoms with Crippen molar-refractivity contribution < 1.29 is 4.79 Å². The van der Waals surface area contributed by atoms with Crippen LogP contribution >= 0.6 is 11.6 Å². The normalized spacial score (nSPS) is 17.2. The molecule has 0 aromatic heterocycles. The third kappa shape index (κ3) is 4.21. The van der Waals surface area contributed by atoms with E-state index in [-0.39, 0.29) is 11.9 Å². The summed E-state index contributed by atoms with van der Waals surface area (Å²) in [5, 5.41) is 0.606. The molecule has 0 bridgehead atoms. The van der Waals surface area contributed by atoms with E-state index in [0.29, 0.717) is 16.5 Å². The Morgan fingerprint density at radius 1 is 1.33 bits per heavy atom. The molecule has 21 heavy (non-hydrogen) atoms. The van der Waals surface area contributed by atoms with Crippen molar-refractivity contribution in [2.45, 2.75) is 32.7 Å². The quantitative estimate of drug-likeness (QED) is 0.831. The summed E-state index contributed by atoms with van der Waals surface area (Å²) in [7, 11) is 1.91. The van der Waals surface area contributed by atoms with Crippen LogP contribution in [0.1, 0.15) is 37.0 Å². The van der Waals surface area contributed by atoms with Crippen LogP contribution in [0.4, 0.5) is 0 Å². The average Bonchev–Trinajstić information content (AvgIpc) is 2.96. The Hall–Kier alpha value is -1.06. The van der Waals surface area contributed by atoms with Gasteiger partial charge in [-0.3, -0.25) is 4.79 Å². The summed E-state index contributed by atoms with van der Waals surface area (Å²) in [4.78, 5) is 17.0. The van der Waals surface area contributed by atoms with Crippen molar-refractivity contribution in [1.82, 2.24) is 9.80 Å². The highest BCUT2D eigenvalue weighted by molar-refractivity contribution is 6.30. The lowest BCUT2D eigenvalue weighted by Crippen LogP contribution is -2.47. The van der Waals surface area contributed by atoms with Gasteiger partial charge in [0.25, 0.3) is 5.91 Å². The van der Waals surface area contributed by atoms with Crippen molar-refractivity contribution >= 4 is 17.5 Å². The fourth-order valence-electron chi connectivity index (χ4n) is 2.99. The first-order valence-electron chi connectivity index (χ1n) is 7.74. The second kappa shape index (κ2) is 7.28. The Bertz CT molecular complexity index is 483. The maximum Gasteiger partial charge on any atom is 0.253 e. The van der Waals surface area contributed by atoms with Crippen LogP contribution in [0.15, 0.2) is 24.3 Å². The molecule has 1 aromatic carbocycles. The van der Waals surface area contributed by atoms with Gasteiger partial charge in [-0.05, 0) is 50.0 Å². The van der Waals surface area contributed by atoms with E-state index in [1.165, 1.54) is 12.8 Å². The number of likely N-dealkylation sites (tertiary alicyclic amines) is 1. The Kier molecular flexibility index (Phi) is 5.65. The van der Waals surface area contributed by atoms with Crippen LogP contribution in [0.25, 0.3) is 0 Å². The maximum absolute atomic E-state index is 12.7. The number of likely N-dealkylation sites (N-methyl/N-ethyl adjacent to an activating group) is 1. The molecule has 1 saturated heterocycles. The molecule has 1 aromatic rings. The number of carbonyl (C=O) groups is 1. The van der Waals surface area contributed by atoms with E-state index in [2.05, 4.69) is 18.7 Å². The van der Waals surface area contributed by atoms with Gasteiger partial charge < -0.3 is 9.80 Å². The molecule has 1 aliphatic rings. The molecule has 2 rings (SSSR count). The van der Waals surface area contributed by atoms with E-state index < -0.39 is 0 Å². The minimum Gasteiger partial charge on any atom is -0.337 e. The predicted molar refractivity (Wildman–Crippen MR) is 87.8 cm³/mol. The molecule has 4 heteroatoms. The number of benzene rings is 1. The lowest BCUT2D eigenvalue weighted by Gasteiger charge is -2.34. The molecule has 1 aliphatic heterocycles. The fraction of sp³-hybridized carbons (Fsp3) is 0.588. The first-order chi connectivity index (χ1) is 9.99. The van der Waals surface area contributed by atoms with Crippen LogP contribution in [0.2, 0.25) is 5.02 Å². The molecule has 1 heterocycles. The third-order valence-corrected chi connectivity index (χ3v) is 4.54. The van der Waals surface area contributed by atoms with E-state index in [1.54, 1.807) is 12.1 Å². The number of carbonyl (C=O) groups excluding carboxylic acids is 1. The lowest BCUT2D eigenvalue weighted by atomic mass is 10.0. The Morgan fingerprint density at radius 3 is 2.57 bits per heavy atom. The van der Waals surface area contributed by atoms with Gasteiger partial charge in [0.15, 0.2) is 0 Å². The van der Waals surface area contributed by atoms with Gasteiger partial charge in [-0.15, -0.1) is 0 Å². The highest BCUT2D eigenvalue weighted by Gasteiger charge is 2.27. The molecule has 1 atom stereocenters. The third-order valence-electron chi connectivity index (χ3n) is 4.30. The second-order valence-corrected chi connectivity index (χ2v) is 6.68. The molecular formula is C17H25ClN2O. The van der Waals surface area contributed by atoms with E-state index in [9.17, 15) is 4.79 Å². The second-order valence-electron chi connectivity index (χ2n) is 6.25. The predicted octanol–water partition coefficient (Wildman–Crippen LogP) is 3.53. The van der Waals surface area contributed by atoms with Crippen LogP contribution < -0.4 is 0 Å². The number of hydrogen-bond donors (Lipinski definition) is 0. The number of nitrogens with zero attached hydrogens (tertiary/aromatic N) is 2. The summed E-state index contributed by atoms with van der Waals surface area (Å²) >= 11 is 5.99. The molecule has 3 nitrogen and oxygen atoms in total. The molecule has 116 valence electrons. The lowest BCUT2D eigenvalue weighted by molar-refractivity contribution is 0.0641. The largest absolute Gasteiger partial charge is 0.337 e. The monoisotopic (exact) mass is 308 g/mol. The molecule has 0 saturated carbocycles. The van der Waals surface area contributed by atoms with Gasteiger partial charge >= 0.3 is 0 Å². The molecule has 0 spiro atoms. The van der Waals surface area contributed by atoms with E-state index in [0.717, 1.165) is 19.6 Å². The van der Waals surface area contributed by atoms with Crippen molar-refractivity contribution in [2.24, 2.45) is 5.92 Å². The summed E-state index contributed by atoms with van der Waals surface area (Å²) in [5.41, 5.74) is 0.664. The van der Waals surface area contributed by atoms with Crippen molar-refractivity contribution in [2.75, 3.05) is 26.7 Å². The minimum absolute atomic E-state index is 0.0513. The van der Waals surface area contributed by atoms with Gasteiger partial charge in [0.2, 0.25) is 0 Å². The number of halogens is 1. The zero-order chi connectivity index (χ0) is 15.4. The van der Waals surface area contributed by atoms with Crippen LogP contribution in [0.5, 0.6) is 0 Å². The van der Waals surface area contributed by atoms with Crippen LogP contribution in [-0.2, 0) is 0 Å². The standard InChI is InChI=1S/C17H25ClN2O/c1-13(2)16(12-20-9-4-5-10-20)19(3)17(21)14-7-6-8-15(18)11-14/h6-8,11,13,16H,4-5,9-10,12H2,1-3H3/t16-/m1/s1. The number of hydrogen-bond acceptors (Lipinski definition) is 2. The molecule has 0 N–H and O–H groups in total. The fourth-order valence-corrected chi connectivity index (χ4v) is 3.18. The zero-order valence-electron chi connectivity index (χ0n) is 13.2. The summed E-state index contributed by atoms with van der Waals surface area (Å²) in [5.74, 6) is 0.481. The van der Waals surface area contributed by atoms with Gasteiger partial charge in [-0.25, -0.2) is 0 Å². The maximum atomic E-state index is 12.7. The van der Waals surface area contributed by atoms with Gasteiger partial charge in [-0.1, -0.05) is 31.5 Å². The van der Waals surface area contributed by atoms with E-state index in [1.807, 2.05) is 24.1 Å². The van der Waals surface area contributed by atoms with E-state index >= 15 is 0 Å². The topological polar surface area (TPSA) is 23.6 Å².